The monoisotopic (exact) mass is 307 g/mol. The van der Waals surface area contributed by atoms with Crippen LogP contribution in [0.15, 0.2) is 51.9 Å². The standard InChI is InChI=1S/C13H10ClN3O2S/c14-13-10(4-3-7-15-13)8-17-9-16-20(18,19)12-6-2-1-5-11(12)17/h1-7,9H,8H2. The van der Waals surface area contributed by atoms with Gasteiger partial charge in [-0.3, -0.25) is 0 Å². The molecule has 0 bridgehead atoms. The van der Waals surface area contributed by atoms with Crippen LogP contribution in [-0.4, -0.2) is 19.7 Å². The summed E-state index contributed by atoms with van der Waals surface area (Å²) in [5.74, 6) is 0. The third kappa shape index (κ3) is 2.28. The largest absolute Gasteiger partial charge is 0.326 e. The summed E-state index contributed by atoms with van der Waals surface area (Å²) in [6.45, 7) is 0.405. The third-order valence-corrected chi connectivity index (χ3v) is 4.57. The van der Waals surface area contributed by atoms with Gasteiger partial charge in [0.05, 0.1) is 12.2 Å². The molecule has 0 fully saturated rings. The normalized spacial score (nSPS) is 15.9. The van der Waals surface area contributed by atoms with Crippen molar-refractivity contribution in [3.05, 3.63) is 53.3 Å². The van der Waals surface area contributed by atoms with E-state index in [1.807, 2.05) is 6.07 Å². The number of rotatable bonds is 2. The number of hydrogen-bond acceptors (Lipinski definition) is 4. The van der Waals surface area contributed by atoms with Gasteiger partial charge in [0.2, 0.25) is 0 Å². The van der Waals surface area contributed by atoms with Gasteiger partial charge in [-0.15, -0.1) is 4.40 Å². The minimum atomic E-state index is -3.60. The lowest BCUT2D eigenvalue weighted by Gasteiger charge is -2.25. The summed E-state index contributed by atoms with van der Waals surface area (Å²) in [6.07, 6.45) is 2.91. The van der Waals surface area contributed by atoms with Gasteiger partial charge in [0.25, 0.3) is 10.0 Å². The number of para-hydroxylation sites is 1. The zero-order valence-corrected chi connectivity index (χ0v) is 11.8. The van der Waals surface area contributed by atoms with E-state index >= 15 is 0 Å². The number of aromatic nitrogens is 1. The summed E-state index contributed by atoms with van der Waals surface area (Å²) in [6, 6.07) is 10.4. The van der Waals surface area contributed by atoms with Crippen molar-refractivity contribution in [1.29, 1.82) is 0 Å². The minimum absolute atomic E-state index is 0.197. The Morgan fingerprint density at radius 3 is 2.75 bits per heavy atom. The van der Waals surface area contributed by atoms with Gasteiger partial charge in [0.1, 0.15) is 16.4 Å². The Hall–Kier alpha value is -1.92. The van der Waals surface area contributed by atoms with Crippen LogP contribution in [0.25, 0.3) is 0 Å². The summed E-state index contributed by atoms with van der Waals surface area (Å²) in [4.78, 5) is 5.94. The summed E-state index contributed by atoms with van der Waals surface area (Å²) in [5.41, 5.74) is 1.39. The molecule has 102 valence electrons. The van der Waals surface area contributed by atoms with Crippen LogP contribution >= 0.6 is 11.6 Å². The fourth-order valence-corrected chi connectivity index (χ4v) is 3.23. The Kier molecular flexibility index (Phi) is 3.19. The molecule has 0 spiro atoms. The molecule has 1 aliphatic heterocycles. The van der Waals surface area contributed by atoms with E-state index in [9.17, 15) is 8.42 Å². The molecule has 5 nitrogen and oxygen atoms in total. The summed E-state index contributed by atoms with van der Waals surface area (Å²) >= 11 is 6.03. The zero-order valence-electron chi connectivity index (χ0n) is 10.3. The van der Waals surface area contributed by atoms with E-state index in [2.05, 4.69) is 9.38 Å². The lowest BCUT2D eigenvalue weighted by molar-refractivity contribution is 0.597. The Morgan fingerprint density at radius 2 is 1.95 bits per heavy atom. The predicted octanol–water partition coefficient (Wildman–Crippen LogP) is 2.47. The molecule has 0 unspecified atom stereocenters. The lowest BCUT2D eigenvalue weighted by Crippen LogP contribution is -2.26. The molecule has 1 aliphatic rings. The quantitative estimate of drug-likeness (QED) is 0.800. The molecule has 0 saturated heterocycles. The smallest absolute Gasteiger partial charge is 0.285 e. The van der Waals surface area contributed by atoms with Crippen molar-refractivity contribution in [2.24, 2.45) is 4.40 Å². The molecule has 0 amide bonds. The molecule has 0 atom stereocenters. The summed E-state index contributed by atoms with van der Waals surface area (Å²) in [5, 5.41) is 0.395. The molecule has 20 heavy (non-hydrogen) atoms. The van der Waals surface area contributed by atoms with Crippen molar-refractivity contribution in [3.8, 4) is 0 Å². The van der Waals surface area contributed by atoms with Crippen LogP contribution in [0.3, 0.4) is 0 Å². The fourth-order valence-electron chi connectivity index (χ4n) is 2.00. The van der Waals surface area contributed by atoms with Gasteiger partial charge >= 0.3 is 0 Å². The van der Waals surface area contributed by atoms with Gasteiger partial charge in [0, 0.05) is 11.8 Å². The average molecular weight is 308 g/mol. The molecule has 0 radical (unpaired) electrons. The highest BCUT2D eigenvalue weighted by molar-refractivity contribution is 7.90. The number of fused-ring (bicyclic) bond motifs is 1. The number of pyridine rings is 1. The number of benzene rings is 1. The van der Waals surface area contributed by atoms with Gasteiger partial charge in [-0.25, -0.2) is 4.98 Å². The fraction of sp³-hybridized carbons (Fsp3) is 0.0769. The van der Waals surface area contributed by atoms with E-state index in [1.54, 1.807) is 41.4 Å². The first-order valence-corrected chi connectivity index (χ1v) is 7.65. The Morgan fingerprint density at radius 1 is 1.15 bits per heavy atom. The van der Waals surface area contributed by atoms with E-state index in [0.29, 0.717) is 17.4 Å². The van der Waals surface area contributed by atoms with Crippen molar-refractivity contribution >= 4 is 33.7 Å². The molecule has 3 rings (SSSR count). The van der Waals surface area contributed by atoms with Crippen molar-refractivity contribution < 1.29 is 8.42 Å². The van der Waals surface area contributed by atoms with Crippen LogP contribution in [0.4, 0.5) is 5.69 Å². The van der Waals surface area contributed by atoms with Crippen LogP contribution in [0.2, 0.25) is 5.15 Å². The average Bonchev–Trinajstić information content (AvgIpc) is 2.44. The first kappa shape index (κ1) is 13.1. The van der Waals surface area contributed by atoms with Crippen molar-refractivity contribution in [2.75, 3.05) is 4.90 Å². The molecule has 0 aliphatic carbocycles. The van der Waals surface area contributed by atoms with Crippen LogP contribution < -0.4 is 4.90 Å². The van der Waals surface area contributed by atoms with Gasteiger partial charge in [0.15, 0.2) is 0 Å². The third-order valence-electron chi connectivity index (χ3n) is 2.95. The van der Waals surface area contributed by atoms with E-state index in [0.717, 1.165) is 5.56 Å². The predicted molar refractivity (Wildman–Crippen MR) is 77.5 cm³/mol. The summed E-state index contributed by atoms with van der Waals surface area (Å²) < 4.78 is 27.4. The Labute approximate surface area is 121 Å². The second-order valence-corrected chi connectivity index (χ2v) is 6.20. The topological polar surface area (TPSA) is 62.6 Å². The highest BCUT2D eigenvalue weighted by Crippen LogP contribution is 2.30. The number of halogens is 1. The maximum atomic E-state index is 11.9. The highest BCUT2D eigenvalue weighted by atomic mass is 35.5. The van der Waals surface area contributed by atoms with Crippen LogP contribution in [0.5, 0.6) is 0 Å². The van der Waals surface area contributed by atoms with Gasteiger partial charge in [-0.05, 0) is 18.2 Å². The van der Waals surface area contributed by atoms with Crippen LogP contribution in [0.1, 0.15) is 5.56 Å². The Balaban J connectivity index is 2.03. The van der Waals surface area contributed by atoms with Crippen molar-refractivity contribution in [3.63, 3.8) is 0 Å². The molecular weight excluding hydrogens is 298 g/mol. The van der Waals surface area contributed by atoms with Gasteiger partial charge in [-0.2, -0.15) is 8.42 Å². The van der Waals surface area contributed by atoms with Crippen molar-refractivity contribution in [2.45, 2.75) is 11.4 Å². The van der Waals surface area contributed by atoms with E-state index in [4.69, 9.17) is 11.6 Å². The number of nitrogens with zero attached hydrogens (tertiary/aromatic N) is 3. The molecule has 7 heteroatoms. The number of sulfonamides is 1. The number of hydrogen-bond donors (Lipinski definition) is 0. The second-order valence-electron chi connectivity index (χ2n) is 4.24. The maximum Gasteiger partial charge on any atom is 0.285 e. The first-order valence-electron chi connectivity index (χ1n) is 5.83. The van der Waals surface area contributed by atoms with Gasteiger partial charge < -0.3 is 4.90 Å². The minimum Gasteiger partial charge on any atom is -0.326 e. The zero-order chi connectivity index (χ0) is 14.2. The highest BCUT2D eigenvalue weighted by Gasteiger charge is 2.25. The molecule has 1 aromatic heterocycles. The van der Waals surface area contributed by atoms with E-state index < -0.39 is 10.0 Å². The molecular formula is C13H10ClN3O2S. The summed E-state index contributed by atoms with van der Waals surface area (Å²) in [7, 11) is -3.60. The molecule has 1 aromatic carbocycles. The SMILES string of the molecule is O=S1(=O)N=CN(Cc2cccnc2Cl)c2ccccc21. The van der Waals surface area contributed by atoms with Crippen molar-refractivity contribution in [1.82, 2.24) is 4.98 Å². The van der Waals surface area contributed by atoms with E-state index in [1.165, 1.54) is 6.34 Å². The second kappa shape index (κ2) is 4.88. The Bertz CT molecular complexity index is 790. The molecule has 2 heterocycles. The molecule has 0 saturated carbocycles. The van der Waals surface area contributed by atoms with E-state index in [-0.39, 0.29) is 4.90 Å². The van der Waals surface area contributed by atoms with Crippen LogP contribution in [-0.2, 0) is 16.6 Å². The first-order chi connectivity index (χ1) is 9.58. The molecule has 2 aromatic rings. The van der Waals surface area contributed by atoms with Crippen LogP contribution in [0, 0.1) is 0 Å². The maximum absolute atomic E-state index is 11.9. The molecule has 0 N–H and O–H groups in total. The van der Waals surface area contributed by atoms with Gasteiger partial charge in [-0.1, -0.05) is 29.8 Å². The lowest BCUT2D eigenvalue weighted by atomic mass is 10.2. The number of anilines is 1.